The highest BCUT2D eigenvalue weighted by Crippen LogP contribution is 1.96. The van der Waals surface area contributed by atoms with E-state index in [0.717, 1.165) is 0 Å². The lowest BCUT2D eigenvalue weighted by Gasteiger charge is -1.84. The van der Waals surface area contributed by atoms with Gasteiger partial charge in [0.1, 0.15) is 0 Å². The fourth-order valence-electron chi connectivity index (χ4n) is 0.679. The molecule has 48 valence electrons. The van der Waals surface area contributed by atoms with Crippen molar-refractivity contribution in [3.8, 4) is 12.3 Å². The maximum Gasteiger partial charge on any atom is 0.398 e. The van der Waals surface area contributed by atoms with Crippen molar-refractivity contribution in [2.24, 2.45) is 0 Å². The van der Waals surface area contributed by atoms with Gasteiger partial charge in [0, 0.05) is 5.92 Å². The fraction of sp³-hybridized carbons (Fsp3) is 0. The van der Waals surface area contributed by atoms with E-state index in [2.05, 4.69) is 5.92 Å². The third-order valence-electron chi connectivity index (χ3n) is 1.18. The summed E-state index contributed by atoms with van der Waals surface area (Å²) in [5.74, 6) is 2.14. The summed E-state index contributed by atoms with van der Waals surface area (Å²) in [6.45, 7) is 0. The Bertz CT molecular complexity index is 267. The number of benzene rings is 1. The zero-order valence-corrected chi connectivity index (χ0v) is 5.41. The largest absolute Gasteiger partial charge is 0.398 e. The highest BCUT2D eigenvalue weighted by Gasteiger charge is 2.04. The Morgan fingerprint density at radius 1 is 1.30 bits per heavy atom. The Balaban J connectivity index is 2.99. The molecule has 0 atom stereocenters. The summed E-state index contributed by atoms with van der Waals surface area (Å²) in [5, 5.41) is 0. The second-order valence-corrected chi connectivity index (χ2v) is 1.86. The van der Waals surface area contributed by atoms with Crippen molar-refractivity contribution in [1.82, 2.24) is 0 Å². The van der Waals surface area contributed by atoms with E-state index in [9.17, 15) is 0 Å². The molecular weight excluding hydrogens is 124 g/mol. The molecule has 0 bridgehead atoms. The van der Waals surface area contributed by atoms with Crippen LogP contribution in [-0.4, -0.2) is 10.6 Å². The zero-order chi connectivity index (χ0) is 7.40. The van der Waals surface area contributed by atoms with Crippen molar-refractivity contribution in [3.63, 3.8) is 0 Å². The van der Waals surface area contributed by atoms with E-state index in [1.807, 2.05) is 18.2 Å². The van der Waals surface area contributed by atoms with Crippen molar-refractivity contribution >= 4 is 5.78 Å². The van der Waals surface area contributed by atoms with Crippen LogP contribution < -0.4 is 0 Å². The minimum atomic E-state index is -0.0133. The first-order chi connectivity index (χ1) is 4.84. The lowest BCUT2D eigenvalue weighted by Crippen LogP contribution is -1.94. The average molecular weight is 131 g/mol. The molecule has 0 aliphatic carbocycles. The molecule has 1 rings (SSSR count). The highest BCUT2D eigenvalue weighted by molar-refractivity contribution is 6.09. The molecule has 0 saturated heterocycles. The van der Waals surface area contributed by atoms with Crippen LogP contribution >= 0.6 is 0 Å². The molecule has 1 nitrogen and oxygen atoms in total. The van der Waals surface area contributed by atoms with Crippen LogP contribution in [-0.2, 0) is 0 Å². The predicted octanol–water partition coefficient (Wildman–Crippen LogP) is 1.21. The topological polar surface area (TPSA) is 21.4 Å². The molecule has 0 heterocycles. The minimum Gasteiger partial charge on any atom is -0.265 e. The van der Waals surface area contributed by atoms with Crippen LogP contribution in [0.15, 0.2) is 30.3 Å². The van der Waals surface area contributed by atoms with E-state index >= 15 is 0 Å². The van der Waals surface area contributed by atoms with Crippen LogP contribution in [0.2, 0.25) is 0 Å². The van der Waals surface area contributed by atoms with Gasteiger partial charge >= 0.3 is 5.78 Å². The summed E-state index contributed by atoms with van der Waals surface area (Å²) in [6.07, 6.45) is 4.97. The Hall–Kier alpha value is -1.55. The van der Waals surface area contributed by atoms with E-state index in [1.54, 1.807) is 12.1 Å². The molecule has 10 heavy (non-hydrogen) atoms. The van der Waals surface area contributed by atoms with E-state index < -0.39 is 0 Å². The highest BCUT2D eigenvalue weighted by atomic mass is 16.1. The summed E-state index contributed by atoms with van der Waals surface area (Å²) >= 11 is 0. The molecule has 0 aliphatic rings. The predicted molar refractivity (Wildman–Crippen MR) is 41.3 cm³/mol. The van der Waals surface area contributed by atoms with Crippen molar-refractivity contribution < 1.29 is 4.79 Å². The van der Waals surface area contributed by atoms with Gasteiger partial charge in [-0.2, -0.15) is 0 Å². The van der Waals surface area contributed by atoms with Gasteiger partial charge in [0.05, 0.1) is 5.56 Å². The van der Waals surface area contributed by atoms with E-state index in [0.29, 0.717) is 5.56 Å². The van der Waals surface area contributed by atoms with Crippen LogP contribution in [0.25, 0.3) is 0 Å². The van der Waals surface area contributed by atoms with Gasteiger partial charge in [0.25, 0.3) is 0 Å². The molecule has 0 aliphatic heterocycles. The Morgan fingerprint density at radius 3 is 2.40 bits per heavy atom. The number of carbonyl (C=O) groups excluding carboxylic acids is 1. The average Bonchev–Trinajstić information content (AvgIpc) is 2.05. The van der Waals surface area contributed by atoms with Crippen molar-refractivity contribution in [1.29, 1.82) is 0 Å². The van der Waals surface area contributed by atoms with Crippen LogP contribution in [0.5, 0.6) is 0 Å². The van der Waals surface area contributed by atoms with Gasteiger partial charge in [0.2, 0.25) is 0 Å². The third-order valence-corrected chi connectivity index (χ3v) is 1.18. The number of hydrogen-bond donors (Lipinski definition) is 0. The van der Waals surface area contributed by atoms with Crippen molar-refractivity contribution in [3.05, 3.63) is 35.9 Å². The van der Waals surface area contributed by atoms with Gasteiger partial charge in [-0.3, -0.25) is 4.79 Å². The normalized spacial score (nSPS) is 8.30. The fourth-order valence-corrected chi connectivity index (χ4v) is 0.679. The molecule has 0 spiro atoms. The molecule has 0 radical (unpaired) electrons. The van der Waals surface area contributed by atoms with Crippen LogP contribution in [0.4, 0.5) is 0 Å². The van der Waals surface area contributed by atoms with Gasteiger partial charge < -0.3 is 0 Å². The lowest BCUT2D eigenvalue weighted by molar-refractivity contribution is 0.684. The van der Waals surface area contributed by atoms with Crippen molar-refractivity contribution in [2.75, 3.05) is 0 Å². The van der Waals surface area contributed by atoms with Gasteiger partial charge in [-0.05, 0) is 12.1 Å². The quantitative estimate of drug-likeness (QED) is 0.236. The van der Waals surface area contributed by atoms with Crippen LogP contribution in [0, 0.1) is 12.3 Å². The van der Waals surface area contributed by atoms with E-state index in [1.165, 1.54) is 0 Å². The molecule has 0 aromatic heterocycles. The number of ketones is 1. The maximum atomic E-state index is 9.01. The Kier molecular flexibility index (Phi) is 1.86. The molecule has 0 saturated carbocycles. The third kappa shape index (κ3) is 1.24. The molecule has 1 aromatic carbocycles. The maximum absolute atomic E-state index is 9.01. The summed E-state index contributed by atoms with van der Waals surface area (Å²) in [4.78, 5) is 9.01. The first-order valence-electron chi connectivity index (χ1n) is 2.92. The molecule has 0 fully saturated rings. The van der Waals surface area contributed by atoms with Gasteiger partial charge in [-0.15, -0.1) is 6.42 Å². The summed E-state index contributed by atoms with van der Waals surface area (Å²) in [7, 11) is 0. The monoisotopic (exact) mass is 131 g/mol. The standard InChI is InChI=1S/C9H6O/c1-2-9(10)8-6-4-3-5-7-8/h1,3-7H/p+1. The Morgan fingerprint density at radius 2 is 1.90 bits per heavy atom. The second-order valence-electron chi connectivity index (χ2n) is 1.86. The molecule has 1 N–H and O–H groups in total. The zero-order valence-electron chi connectivity index (χ0n) is 5.41. The van der Waals surface area contributed by atoms with E-state index in [4.69, 9.17) is 11.2 Å². The van der Waals surface area contributed by atoms with Crippen LogP contribution in [0.3, 0.4) is 0 Å². The smallest absolute Gasteiger partial charge is 0.265 e. The molecule has 1 heteroatoms. The first kappa shape index (κ1) is 6.57. The van der Waals surface area contributed by atoms with Gasteiger partial charge in [0.15, 0.2) is 0 Å². The summed E-state index contributed by atoms with van der Waals surface area (Å²) < 4.78 is 0. The summed E-state index contributed by atoms with van der Waals surface area (Å²) in [6, 6.07) is 9.03. The first-order valence-corrected chi connectivity index (χ1v) is 2.92. The SMILES string of the molecule is C#CC(=[OH+])c1ccccc1. The van der Waals surface area contributed by atoms with E-state index in [-0.39, 0.29) is 5.78 Å². The van der Waals surface area contributed by atoms with Gasteiger partial charge in [-0.25, -0.2) is 0 Å². The van der Waals surface area contributed by atoms with Crippen LogP contribution in [0.1, 0.15) is 5.56 Å². The minimum absolute atomic E-state index is 0.0133. The number of terminal acetylenes is 1. The molecular formula is C9H7O+. The van der Waals surface area contributed by atoms with Gasteiger partial charge in [-0.1, -0.05) is 18.2 Å². The van der Waals surface area contributed by atoms with Crippen molar-refractivity contribution in [2.45, 2.75) is 0 Å². The molecule has 0 amide bonds. The lowest BCUT2D eigenvalue weighted by atomic mass is 10.1. The number of hydrogen-bond acceptors (Lipinski definition) is 0. The second kappa shape index (κ2) is 2.84. The summed E-state index contributed by atoms with van der Waals surface area (Å²) in [5.41, 5.74) is 0.685. The molecule has 1 aromatic rings. The Labute approximate surface area is 59.7 Å². The molecule has 0 unspecified atom stereocenters. The number of rotatable bonds is 1.